The van der Waals surface area contributed by atoms with Gasteiger partial charge >= 0.3 is 0 Å². The van der Waals surface area contributed by atoms with Crippen LogP contribution in [-0.2, 0) is 0 Å². The highest BCUT2D eigenvalue weighted by Crippen LogP contribution is 2.36. The van der Waals surface area contributed by atoms with E-state index in [9.17, 15) is 20.0 Å². The van der Waals surface area contributed by atoms with E-state index in [-0.39, 0.29) is 11.4 Å². The molecular formula is C20H19N3O4. The van der Waals surface area contributed by atoms with Gasteiger partial charge in [-0.25, -0.2) is 0 Å². The molecule has 4 rings (SSSR count). The quantitative estimate of drug-likeness (QED) is 0.543. The molecule has 2 N–H and O–H groups in total. The van der Waals surface area contributed by atoms with Crippen molar-refractivity contribution in [3.05, 3.63) is 62.8 Å². The van der Waals surface area contributed by atoms with E-state index in [0.29, 0.717) is 22.2 Å². The number of pyridine rings is 1. The lowest BCUT2D eigenvalue weighted by Gasteiger charge is -2.28. The number of hydrogen-bond acceptors (Lipinski definition) is 5. The number of aromatic hydroxyl groups is 1. The molecule has 1 saturated heterocycles. The van der Waals surface area contributed by atoms with E-state index in [2.05, 4.69) is 4.98 Å². The van der Waals surface area contributed by atoms with E-state index in [4.69, 9.17) is 0 Å². The Balaban J connectivity index is 1.86. The summed E-state index contributed by atoms with van der Waals surface area (Å²) in [6.07, 6.45) is 3.16. The first-order valence-electron chi connectivity index (χ1n) is 8.94. The number of piperidine rings is 1. The largest absolute Gasteiger partial charge is 0.503 e. The molecule has 1 aliphatic rings. The Kier molecular flexibility index (Phi) is 4.27. The summed E-state index contributed by atoms with van der Waals surface area (Å²) in [4.78, 5) is 28.7. The molecule has 138 valence electrons. The molecule has 2 aromatic carbocycles. The number of benzene rings is 2. The van der Waals surface area contributed by atoms with E-state index in [1.54, 1.807) is 36.4 Å². The van der Waals surface area contributed by atoms with Crippen molar-refractivity contribution in [1.29, 1.82) is 0 Å². The van der Waals surface area contributed by atoms with Crippen LogP contribution in [0.3, 0.4) is 0 Å². The van der Waals surface area contributed by atoms with Gasteiger partial charge in [-0.05, 0) is 37.5 Å². The fraction of sp³-hybridized carbons (Fsp3) is 0.250. The van der Waals surface area contributed by atoms with Gasteiger partial charge in [0.05, 0.1) is 10.6 Å². The molecule has 3 aromatic rings. The van der Waals surface area contributed by atoms with E-state index in [1.807, 2.05) is 4.90 Å². The topological polar surface area (TPSA) is 99.5 Å². The Bertz CT molecular complexity index is 1080. The van der Waals surface area contributed by atoms with Crippen molar-refractivity contribution in [2.24, 2.45) is 0 Å². The van der Waals surface area contributed by atoms with Crippen molar-refractivity contribution in [2.75, 3.05) is 18.0 Å². The maximum Gasteiger partial charge on any atom is 0.293 e. The number of nitrogens with zero attached hydrogens (tertiary/aromatic N) is 2. The van der Waals surface area contributed by atoms with Crippen molar-refractivity contribution >= 4 is 22.3 Å². The average molecular weight is 365 g/mol. The number of aromatic amines is 1. The number of rotatable bonds is 3. The predicted molar refractivity (Wildman–Crippen MR) is 104 cm³/mol. The summed E-state index contributed by atoms with van der Waals surface area (Å²) in [6, 6.07) is 11.7. The van der Waals surface area contributed by atoms with Crippen molar-refractivity contribution in [3.63, 3.8) is 0 Å². The van der Waals surface area contributed by atoms with Gasteiger partial charge in [0.1, 0.15) is 5.69 Å². The lowest BCUT2D eigenvalue weighted by molar-refractivity contribution is -0.384. The van der Waals surface area contributed by atoms with Crippen LogP contribution in [0.25, 0.3) is 22.2 Å². The van der Waals surface area contributed by atoms with E-state index in [0.717, 1.165) is 32.4 Å². The molecule has 1 fully saturated rings. The molecule has 0 spiro atoms. The fourth-order valence-electron chi connectivity index (χ4n) is 3.66. The monoisotopic (exact) mass is 365 g/mol. The highest BCUT2D eigenvalue weighted by molar-refractivity contribution is 5.85. The normalized spacial score (nSPS) is 14.4. The summed E-state index contributed by atoms with van der Waals surface area (Å²) in [5.74, 6) is -0.436. The third kappa shape index (κ3) is 3.01. The fourth-order valence-corrected chi connectivity index (χ4v) is 3.66. The molecule has 7 nitrogen and oxygen atoms in total. The van der Waals surface area contributed by atoms with Gasteiger partial charge in [-0.1, -0.05) is 18.2 Å². The minimum Gasteiger partial charge on any atom is -0.503 e. The third-order valence-corrected chi connectivity index (χ3v) is 5.04. The zero-order valence-electron chi connectivity index (χ0n) is 14.6. The van der Waals surface area contributed by atoms with Gasteiger partial charge in [-0.15, -0.1) is 0 Å². The Morgan fingerprint density at radius 1 is 1.07 bits per heavy atom. The number of nitrogens with one attached hydrogen (secondary N) is 1. The molecule has 1 aromatic heterocycles. The zero-order valence-corrected chi connectivity index (χ0v) is 14.6. The minimum absolute atomic E-state index is 0.0252. The Morgan fingerprint density at radius 3 is 2.56 bits per heavy atom. The second-order valence-electron chi connectivity index (χ2n) is 6.73. The molecule has 1 aliphatic heterocycles. The molecule has 7 heteroatoms. The van der Waals surface area contributed by atoms with Gasteiger partial charge in [0.15, 0.2) is 5.75 Å². The van der Waals surface area contributed by atoms with Crippen LogP contribution in [0.1, 0.15) is 19.3 Å². The molecule has 0 radical (unpaired) electrons. The first-order valence-corrected chi connectivity index (χ1v) is 8.94. The maximum atomic E-state index is 12.4. The van der Waals surface area contributed by atoms with Crippen LogP contribution in [0.2, 0.25) is 0 Å². The molecule has 27 heavy (non-hydrogen) atoms. The molecule has 2 heterocycles. The summed E-state index contributed by atoms with van der Waals surface area (Å²) < 4.78 is 0. The van der Waals surface area contributed by atoms with Crippen LogP contribution in [-0.4, -0.2) is 28.1 Å². The van der Waals surface area contributed by atoms with Gasteiger partial charge in [0.25, 0.3) is 5.69 Å². The highest BCUT2D eigenvalue weighted by Gasteiger charge is 2.23. The first-order chi connectivity index (χ1) is 13.1. The van der Waals surface area contributed by atoms with Crippen LogP contribution in [0.15, 0.2) is 47.3 Å². The van der Waals surface area contributed by atoms with Gasteiger partial charge in [-0.2, -0.15) is 0 Å². The third-order valence-electron chi connectivity index (χ3n) is 5.04. The lowest BCUT2D eigenvalue weighted by atomic mass is 10.0. The van der Waals surface area contributed by atoms with Crippen molar-refractivity contribution < 1.29 is 10.0 Å². The summed E-state index contributed by atoms with van der Waals surface area (Å²) in [7, 11) is 0. The van der Waals surface area contributed by atoms with Crippen LogP contribution >= 0.6 is 0 Å². The summed E-state index contributed by atoms with van der Waals surface area (Å²) >= 11 is 0. The molecule has 0 unspecified atom stereocenters. The number of nitro benzene ring substituents is 1. The lowest BCUT2D eigenvalue weighted by Crippen LogP contribution is -2.29. The van der Waals surface area contributed by atoms with Crippen molar-refractivity contribution in [1.82, 2.24) is 4.98 Å². The number of anilines is 1. The predicted octanol–water partition coefficient (Wildman–Crippen LogP) is 3.80. The van der Waals surface area contributed by atoms with Crippen LogP contribution in [0.4, 0.5) is 11.4 Å². The van der Waals surface area contributed by atoms with Gasteiger partial charge in [-0.3, -0.25) is 14.9 Å². The Hall–Kier alpha value is -3.35. The molecule has 0 bridgehead atoms. The van der Waals surface area contributed by atoms with Crippen molar-refractivity contribution in [2.45, 2.75) is 19.3 Å². The van der Waals surface area contributed by atoms with E-state index in [1.165, 1.54) is 6.07 Å². The number of para-hydroxylation sites is 1. The molecule has 0 saturated carbocycles. The average Bonchev–Trinajstić information content (AvgIpc) is 2.71. The van der Waals surface area contributed by atoms with Gasteiger partial charge in [0.2, 0.25) is 5.43 Å². The van der Waals surface area contributed by atoms with Crippen LogP contribution in [0, 0.1) is 10.1 Å². The second kappa shape index (κ2) is 6.75. The maximum absolute atomic E-state index is 12.4. The van der Waals surface area contributed by atoms with Gasteiger partial charge < -0.3 is 15.0 Å². The first kappa shape index (κ1) is 17.1. The molecular weight excluding hydrogens is 346 g/mol. The molecule has 0 aliphatic carbocycles. The summed E-state index contributed by atoms with van der Waals surface area (Å²) in [6.45, 7) is 1.58. The number of nitro groups is 1. The number of H-pyrrole nitrogens is 1. The van der Waals surface area contributed by atoms with Crippen LogP contribution < -0.4 is 10.3 Å². The molecule has 0 amide bonds. The Morgan fingerprint density at radius 2 is 1.81 bits per heavy atom. The van der Waals surface area contributed by atoms with Gasteiger partial charge in [0, 0.05) is 35.6 Å². The minimum atomic E-state index is -0.498. The standard InChI is InChI=1S/C20H19N3O4/c24-19-14-6-2-3-7-15(14)21-18(20(19)25)13-8-9-16(17(12-13)23(26)27)22-10-4-1-5-11-22/h2-3,6-9,12,25H,1,4-5,10-11H2,(H,21,24). The molecule has 0 atom stereocenters. The number of aromatic nitrogens is 1. The van der Waals surface area contributed by atoms with E-state index < -0.39 is 16.1 Å². The second-order valence-corrected chi connectivity index (χ2v) is 6.73. The smallest absolute Gasteiger partial charge is 0.293 e. The Labute approximate surface area is 155 Å². The number of hydrogen-bond donors (Lipinski definition) is 2. The number of fused-ring (bicyclic) bond motifs is 1. The summed E-state index contributed by atoms with van der Waals surface area (Å²) in [5, 5.41) is 22.4. The van der Waals surface area contributed by atoms with Crippen LogP contribution in [0.5, 0.6) is 5.75 Å². The van der Waals surface area contributed by atoms with Crippen molar-refractivity contribution in [3.8, 4) is 17.0 Å². The van der Waals surface area contributed by atoms with E-state index >= 15 is 0 Å². The zero-order chi connectivity index (χ0) is 19.0. The summed E-state index contributed by atoms with van der Waals surface area (Å²) in [5.41, 5.74) is 1.21. The SMILES string of the molecule is O=c1c(O)c(-c2ccc(N3CCCCC3)c([N+](=O)[O-])c2)[nH]c2ccccc12. The highest BCUT2D eigenvalue weighted by atomic mass is 16.6.